The zero-order valence-corrected chi connectivity index (χ0v) is 17.4. The summed E-state index contributed by atoms with van der Waals surface area (Å²) < 4.78 is 67.2. The summed E-state index contributed by atoms with van der Waals surface area (Å²) in [5, 5.41) is 3.72. The van der Waals surface area contributed by atoms with Gasteiger partial charge >= 0.3 is 12.1 Å². The van der Waals surface area contributed by atoms with E-state index in [0.717, 1.165) is 0 Å². The third kappa shape index (κ3) is 3.98. The predicted molar refractivity (Wildman–Crippen MR) is 106 cm³/mol. The quantitative estimate of drug-likeness (QED) is 0.453. The van der Waals surface area contributed by atoms with Gasteiger partial charge in [0.1, 0.15) is 16.4 Å². The second-order valence-corrected chi connectivity index (χ2v) is 8.84. The number of hydrogen-bond donors (Lipinski definition) is 0. The van der Waals surface area contributed by atoms with E-state index >= 15 is 0 Å². The summed E-state index contributed by atoms with van der Waals surface area (Å²) in [5.41, 5.74) is 1.65. The van der Waals surface area contributed by atoms with Crippen molar-refractivity contribution in [3.05, 3.63) is 54.2 Å². The monoisotopic (exact) mass is 451 g/mol. The molecule has 0 aliphatic carbocycles. The Labute approximate surface area is 174 Å². The van der Waals surface area contributed by atoms with E-state index in [0.29, 0.717) is 27.8 Å². The van der Waals surface area contributed by atoms with E-state index in [2.05, 4.69) is 24.0 Å². The van der Waals surface area contributed by atoms with E-state index < -0.39 is 21.8 Å². The third-order valence-electron chi connectivity index (χ3n) is 4.38. The first-order chi connectivity index (χ1) is 14.6. The van der Waals surface area contributed by atoms with Gasteiger partial charge in [-0.05, 0) is 43.3 Å². The van der Waals surface area contributed by atoms with Crippen LogP contribution in [0, 0.1) is 6.92 Å². The summed E-state index contributed by atoms with van der Waals surface area (Å²) in [7, 11) is -1.44. The number of ether oxygens (including phenoxy) is 1. The van der Waals surface area contributed by atoms with Crippen molar-refractivity contribution in [1.82, 2.24) is 19.5 Å². The molecule has 0 saturated heterocycles. The summed E-state index contributed by atoms with van der Waals surface area (Å²) in [6, 6.07) is 9.81. The Balaban J connectivity index is 1.83. The number of alkyl halides is 3. The molecule has 31 heavy (non-hydrogen) atoms. The lowest BCUT2D eigenvalue weighted by Gasteiger charge is -2.07. The molecule has 0 aliphatic rings. The van der Waals surface area contributed by atoms with Crippen molar-refractivity contribution in [2.24, 2.45) is 4.36 Å². The molecule has 1 unspecified atom stereocenters. The molecule has 0 amide bonds. The van der Waals surface area contributed by atoms with E-state index in [-0.39, 0.29) is 11.4 Å². The molecule has 0 aliphatic heterocycles. The predicted octanol–water partition coefficient (Wildman–Crippen LogP) is 4.51. The Morgan fingerprint density at radius 1 is 1.13 bits per heavy atom. The first kappa shape index (κ1) is 20.8. The number of aryl methyl sites for hydroxylation is 1. The van der Waals surface area contributed by atoms with Crippen molar-refractivity contribution in [3.8, 4) is 17.1 Å². The molecule has 0 spiro atoms. The smallest absolute Gasteiger partial charge is 0.471 e. The van der Waals surface area contributed by atoms with Gasteiger partial charge in [-0.3, -0.25) is 4.40 Å². The van der Waals surface area contributed by atoms with Crippen LogP contribution in [0.5, 0.6) is 5.75 Å². The van der Waals surface area contributed by atoms with Crippen molar-refractivity contribution in [2.45, 2.75) is 18.1 Å². The lowest BCUT2D eigenvalue weighted by atomic mass is 10.3. The number of pyridine rings is 1. The van der Waals surface area contributed by atoms with Crippen LogP contribution in [0.15, 0.2) is 56.5 Å². The van der Waals surface area contributed by atoms with E-state index in [1.807, 2.05) is 0 Å². The molecular formula is C19H16F3N5O3S. The first-order valence-electron chi connectivity index (χ1n) is 8.85. The number of methoxy groups -OCH3 is 1. The standard InChI is InChI=1S/C19H16F3N5O3S/c1-11-17(31(3,28)26-13-5-7-14(29-2)8-6-13)27-10-12(4-9-15(27)23-11)16-24-18(30-25-16)19(20,21)22/h4-10H,1-3H3. The Morgan fingerprint density at radius 2 is 1.84 bits per heavy atom. The fourth-order valence-electron chi connectivity index (χ4n) is 3.07. The summed E-state index contributed by atoms with van der Waals surface area (Å²) in [5.74, 6) is -1.06. The molecule has 162 valence electrons. The van der Waals surface area contributed by atoms with Gasteiger partial charge in [-0.15, -0.1) is 0 Å². The summed E-state index contributed by atoms with van der Waals surface area (Å²) in [6.07, 6.45) is -1.82. The number of fused-ring (bicyclic) bond motifs is 1. The second kappa shape index (κ2) is 7.38. The Hall–Kier alpha value is -3.41. The highest BCUT2D eigenvalue weighted by Gasteiger charge is 2.38. The molecule has 12 heteroatoms. The molecule has 4 rings (SSSR count). The average Bonchev–Trinajstić information content (AvgIpc) is 3.32. The Kier molecular flexibility index (Phi) is 4.96. The molecule has 3 aromatic heterocycles. The lowest BCUT2D eigenvalue weighted by Crippen LogP contribution is -2.05. The van der Waals surface area contributed by atoms with Gasteiger partial charge in [0.15, 0.2) is 0 Å². The minimum Gasteiger partial charge on any atom is -0.497 e. The van der Waals surface area contributed by atoms with Gasteiger partial charge in [0.25, 0.3) is 0 Å². The molecule has 1 atom stereocenters. The van der Waals surface area contributed by atoms with Gasteiger partial charge in [0.2, 0.25) is 5.82 Å². The number of nitrogens with zero attached hydrogens (tertiary/aromatic N) is 5. The fraction of sp³-hybridized carbons (Fsp3) is 0.211. The summed E-state index contributed by atoms with van der Waals surface area (Å²) in [6.45, 7) is 1.69. The molecular weight excluding hydrogens is 435 g/mol. The Morgan fingerprint density at radius 3 is 2.45 bits per heavy atom. The van der Waals surface area contributed by atoms with Crippen molar-refractivity contribution < 1.29 is 26.6 Å². The van der Waals surface area contributed by atoms with Crippen LogP contribution in [0.3, 0.4) is 0 Å². The summed E-state index contributed by atoms with van der Waals surface area (Å²) >= 11 is 0. The highest BCUT2D eigenvalue weighted by Crippen LogP contribution is 2.30. The van der Waals surface area contributed by atoms with E-state index in [1.54, 1.807) is 37.3 Å². The molecule has 4 aromatic rings. The molecule has 0 radical (unpaired) electrons. The number of rotatable bonds is 4. The van der Waals surface area contributed by atoms with Crippen LogP contribution in [0.1, 0.15) is 11.6 Å². The van der Waals surface area contributed by atoms with Crippen molar-refractivity contribution in [1.29, 1.82) is 0 Å². The average molecular weight is 451 g/mol. The van der Waals surface area contributed by atoms with Crippen molar-refractivity contribution >= 4 is 21.1 Å². The Bertz CT molecular complexity index is 1380. The number of imidazole rings is 1. The molecule has 0 saturated carbocycles. The van der Waals surface area contributed by atoms with Gasteiger partial charge in [0, 0.05) is 18.0 Å². The van der Waals surface area contributed by atoms with Gasteiger partial charge < -0.3 is 9.26 Å². The minimum absolute atomic E-state index is 0.241. The normalized spacial score (nSPS) is 13.9. The second-order valence-electron chi connectivity index (χ2n) is 6.66. The summed E-state index contributed by atoms with van der Waals surface area (Å²) in [4.78, 5) is 7.79. The molecule has 3 heterocycles. The van der Waals surface area contributed by atoms with E-state index in [4.69, 9.17) is 4.74 Å². The zero-order chi connectivity index (χ0) is 22.4. The van der Waals surface area contributed by atoms with Gasteiger partial charge in [0.05, 0.1) is 28.2 Å². The minimum atomic E-state index is -4.75. The van der Waals surface area contributed by atoms with Crippen LogP contribution >= 0.6 is 0 Å². The SMILES string of the molecule is COc1ccc(N=S(C)(=O)c2c(C)nc3ccc(-c4noc(C(F)(F)F)n4)cn23)cc1. The largest absolute Gasteiger partial charge is 0.497 e. The molecule has 0 N–H and O–H groups in total. The maximum Gasteiger partial charge on any atom is 0.471 e. The van der Waals surface area contributed by atoms with Crippen LogP contribution in [-0.4, -0.2) is 37.1 Å². The van der Waals surface area contributed by atoms with Crippen LogP contribution in [0.2, 0.25) is 0 Å². The van der Waals surface area contributed by atoms with Gasteiger partial charge in [-0.1, -0.05) is 5.16 Å². The number of aromatic nitrogens is 4. The zero-order valence-electron chi connectivity index (χ0n) is 16.5. The van der Waals surface area contributed by atoms with Crippen LogP contribution in [0.4, 0.5) is 18.9 Å². The van der Waals surface area contributed by atoms with Gasteiger partial charge in [-0.2, -0.15) is 22.5 Å². The molecule has 8 nitrogen and oxygen atoms in total. The van der Waals surface area contributed by atoms with E-state index in [9.17, 15) is 17.4 Å². The number of halogens is 3. The van der Waals surface area contributed by atoms with Gasteiger partial charge in [-0.25, -0.2) is 9.19 Å². The number of hydrogen-bond acceptors (Lipinski definition) is 7. The maximum absolute atomic E-state index is 13.5. The van der Waals surface area contributed by atoms with E-state index in [1.165, 1.54) is 30.0 Å². The van der Waals surface area contributed by atoms with Crippen LogP contribution in [-0.2, 0) is 15.9 Å². The fourth-order valence-corrected chi connectivity index (χ4v) is 4.79. The van der Waals surface area contributed by atoms with Crippen LogP contribution < -0.4 is 4.74 Å². The molecule has 0 bridgehead atoms. The van der Waals surface area contributed by atoms with Crippen molar-refractivity contribution in [2.75, 3.05) is 13.4 Å². The number of benzene rings is 1. The first-order valence-corrected chi connectivity index (χ1v) is 10.8. The highest BCUT2D eigenvalue weighted by molar-refractivity contribution is 7.93. The maximum atomic E-state index is 13.5. The molecule has 0 fully saturated rings. The lowest BCUT2D eigenvalue weighted by molar-refractivity contribution is -0.159. The highest BCUT2D eigenvalue weighted by atomic mass is 32.2. The molecule has 1 aromatic carbocycles. The van der Waals surface area contributed by atoms with Crippen LogP contribution in [0.25, 0.3) is 17.0 Å². The third-order valence-corrected chi connectivity index (χ3v) is 6.14. The topological polar surface area (TPSA) is 94.9 Å². The van der Waals surface area contributed by atoms with Crippen molar-refractivity contribution in [3.63, 3.8) is 0 Å².